The van der Waals surface area contributed by atoms with Crippen molar-refractivity contribution in [1.82, 2.24) is 9.91 Å². The molecule has 2 aromatic carbocycles. The van der Waals surface area contributed by atoms with Crippen molar-refractivity contribution in [3.63, 3.8) is 0 Å². The second-order valence-corrected chi connectivity index (χ2v) is 6.44. The summed E-state index contributed by atoms with van der Waals surface area (Å²) in [7, 11) is 1.54. The summed E-state index contributed by atoms with van der Waals surface area (Å²) < 4.78 is 5.12. The molecule has 1 heterocycles. The number of para-hydroxylation sites is 1. The van der Waals surface area contributed by atoms with Crippen molar-refractivity contribution in [1.29, 1.82) is 0 Å². The molecule has 6 heteroatoms. The van der Waals surface area contributed by atoms with E-state index in [4.69, 9.17) is 16.3 Å². The molecular weight excluding hydrogens is 338 g/mol. The molecule has 0 unspecified atom stereocenters. The van der Waals surface area contributed by atoms with Crippen LogP contribution in [0.2, 0.25) is 5.02 Å². The standard InChI is InChI=1S/C19H22ClN3O2/c1-25-18-4-2-3-16(19(18)24)13-21-23-11-9-22(10-12-23)14-15-5-7-17(20)8-6-15/h2-8,13,24H,9-12,14H2,1H3/b21-13-. The van der Waals surface area contributed by atoms with Crippen LogP contribution in [-0.4, -0.2) is 54.5 Å². The number of hydrazone groups is 1. The molecule has 5 nitrogen and oxygen atoms in total. The smallest absolute Gasteiger partial charge is 0.166 e. The van der Waals surface area contributed by atoms with Crippen LogP contribution in [0, 0.1) is 0 Å². The summed E-state index contributed by atoms with van der Waals surface area (Å²) in [4.78, 5) is 2.40. The van der Waals surface area contributed by atoms with Crippen LogP contribution in [0.25, 0.3) is 0 Å². The monoisotopic (exact) mass is 359 g/mol. The number of phenolic OH excluding ortho intramolecular Hbond substituents is 1. The van der Waals surface area contributed by atoms with E-state index in [0.29, 0.717) is 11.3 Å². The number of piperazine rings is 1. The van der Waals surface area contributed by atoms with E-state index in [9.17, 15) is 5.11 Å². The van der Waals surface area contributed by atoms with Gasteiger partial charge in [-0.15, -0.1) is 0 Å². The van der Waals surface area contributed by atoms with Crippen molar-refractivity contribution >= 4 is 17.8 Å². The molecule has 0 radical (unpaired) electrons. The van der Waals surface area contributed by atoms with Crippen molar-refractivity contribution in [2.24, 2.45) is 5.10 Å². The van der Waals surface area contributed by atoms with Crippen LogP contribution >= 0.6 is 11.6 Å². The van der Waals surface area contributed by atoms with Gasteiger partial charge in [-0.05, 0) is 29.8 Å². The van der Waals surface area contributed by atoms with Crippen LogP contribution < -0.4 is 4.74 Å². The van der Waals surface area contributed by atoms with Crippen LogP contribution in [0.1, 0.15) is 11.1 Å². The highest BCUT2D eigenvalue weighted by molar-refractivity contribution is 6.30. The Kier molecular flexibility index (Phi) is 5.79. The van der Waals surface area contributed by atoms with Gasteiger partial charge in [0.25, 0.3) is 0 Å². The first-order chi connectivity index (χ1) is 12.2. The first-order valence-corrected chi connectivity index (χ1v) is 8.65. The van der Waals surface area contributed by atoms with Gasteiger partial charge in [0.1, 0.15) is 0 Å². The second kappa shape index (κ2) is 8.23. The molecule has 1 N–H and O–H groups in total. The number of nitrogens with zero attached hydrogens (tertiary/aromatic N) is 3. The highest BCUT2D eigenvalue weighted by atomic mass is 35.5. The molecule has 0 atom stereocenters. The minimum atomic E-state index is 0.120. The number of ether oxygens (including phenoxy) is 1. The van der Waals surface area contributed by atoms with Crippen molar-refractivity contribution in [3.8, 4) is 11.5 Å². The van der Waals surface area contributed by atoms with Gasteiger partial charge in [-0.3, -0.25) is 9.91 Å². The Hall–Kier alpha value is -2.24. The Balaban J connectivity index is 1.53. The van der Waals surface area contributed by atoms with Crippen molar-refractivity contribution < 1.29 is 9.84 Å². The lowest BCUT2D eigenvalue weighted by molar-refractivity contribution is 0.131. The third kappa shape index (κ3) is 4.65. The predicted molar refractivity (Wildman–Crippen MR) is 101 cm³/mol. The van der Waals surface area contributed by atoms with Crippen LogP contribution in [0.3, 0.4) is 0 Å². The zero-order valence-corrected chi connectivity index (χ0v) is 15.0. The number of hydrogen-bond donors (Lipinski definition) is 1. The van der Waals surface area contributed by atoms with E-state index in [1.807, 2.05) is 29.3 Å². The van der Waals surface area contributed by atoms with Gasteiger partial charge in [0.2, 0.25) is 0 Å². The van der Waals surface area contributed by atoms with Crippen molar-refractivity contribution in [2.75, 3.05) is 33.3 Å². The molecule has 1 aliphatic rings. The van der Waals surface area contributed by atoms with Crippen molar-refractivity contribution in [2.45, 2.75) is 6.54 Å². The maximum atomic E-state index is 10.1. The van der Waals surface area contributed by atoms with Gasteiger partial charge in [-0.2, -0.15) is 5.10 Å². The lowest BCUT2D eigenvalue weighted by Gasteiger charge is -2.33. The Morgan fingerprint density at radius 3 is 2.52 bits per heavy atom. The maximum Gasteiger partial charge on any atom is 0.166 e. The average Bonchev–Trinajstić information content (AvgIpc) is 2.64. The quantitative estimate of drug-likeness (QED) is 0.833. The molecule has 2 aromatic rings. The molecule has 3 rings (SSSR count). The summed E-state index contributed by atoms with van der Waals surface area (Å²) in [5.74, 6) is 0.576. The number of hydrogen-bond acceptors (Lipinski definition) is 5. The minimum absolute atomic E-state index is 0.120. The summed E-state index contributed by atoms with van der Waals surface area (Å²) in [6, 6.07) is 13.4. The van der Waals surface area contributed by atoms with E-state index in [1.165, 1.54) is 12.7 Å². The van der Waals surface area contributed by atoms with Gasteiger partial charge in [0.05, 0.1) is 13.3 Å². The highest BCUT2D eigenvalue weighted by Crippen LogP contribution is 2.28. The zero-order valence-electron chi connectivity index (χ0n) is 14.2. The van der Waals surface area contributed by atoms with E-state index in [-0.39, 0.29) is 5.75 Å². The van der Waals surface area contributed by atoms with Crippen LogP contribution in [-0.2, 0) is 6.54 Å². The van der Waals surface area contributed by atoms with Crippen LogP contribution in [0.5, 0.6) is 11.5 Å². The molecule has 1 fully saturated rings. The molecule has 0 aliphatic carbocycles. The Morgan fingerprint density at radius 2 is 1.84 bits per heavy atom. The fraction of sp³-hybridized carbons (Fsp3) is 0.316. The average molecular weight is 360 g/mol. The summed E-state index contributed by atoms with van der Waals surface area (Å²) in [6.07, 6.45) is 1.69. The zero-order chi connectivity index (χ0) is 17.6. The molecule has 0 saturated carbocycles. The normalized spacial score (nSPS) is 15.7. The fourth-order valence-electron chi connectivity index (χ4n) is 2.81. The first kappa shape index (κ1) is 17.6. The third-order valence-electron chi connectivity index (χ3n) is 4.28. The lowest BCUT2D eigenvalue weighted by atomic mass is 10.2. The van der Waals surface area contributed by atoms with E-state index in [0.717, 1.165) is 37.7 Å². The number of methoxy groups -OCH3 is 1. The third-order valence-corrected chi connectivity index (χ3v) is 4.53. The van der Waals surface area contributed by atoms with E-state index in [2.05, 4.69) is 22.1 Å². The fourth-order valence-corrected chi connectivity index (χ4v) is 2.94. The first-order valence-electron chi connectivity index (χ1n) is 8.27. The molecule has 25 heavy (non-hydrogen) atoms. The highest BCUT2D eigenvalue weighted by Gasteiger charge is 2.15. The molecule has 0 bridgehead atoms. The topological polar surface area (TPSA) is 48.3 Å². The molecule has 132 valence electrons. The van der Waals surface area contributed by atoms with Gasteiger partial charge in [0, 0.05) is 43.3 Å². The number of aromatic hydroxyl groups is 1. The van der Waals surface area contributed by atoms with Gasteiger partial charge >= 0.3 is 0 Å². The minimum Gasteiger partial charge on any atom is -0.504 e. The summed E-state index contributed by atoms with van der Waals surface area (Å²) in [5.41, 5.74) is 1.92. The molecular formula is C19H22ClN3O2. The maximum absolute atomic E-state index is 10.1. The van der Waals surface area contributed by atoms with Crippen molar-refractivity contribution in [3.05, 3.63) is 58.6 Å². The summed E-state index contributed by atoms with van der Waals surface area (Å²) >= 11 is 5.93. The SMILES string of the molecule is COc1cccc(/C=N\N2CCN(Cc3ccc(Cl)cc3)CC2)c1O. The number of phenols is 1. The van der Waals surface area contributed by atoms with Gasteiger partial charge in [0.15, 0.2) is 11.5 Å². The molecule has 0 spiro atoms. The van der Waals surface area contributed by atoms with Gasteiger partial charge < -0.3 is 9.84 Å². The lowest BCUT2D eigenvalue weighted by Crippen LogP contribution is -2.43. The predicted octanol–water partition coefficient (Wildman–Crippen LogP) is 3.21. The largest absolute Gasteiger partial charge is 0.504 e. The van der Waals surface area contributed by atoms with Crippen LogP contribution in [0.15, 0.2) is 47.6 Å². The summed E-state index contributed by atoms with van der Waals surface area (Å²) in [5, 5.41) is 17.4. The van der Waals surface area contributed by atoms with Gasteiger partial charge in [-0.25, -0.2) is 0 Å². The molecule has 1 saturated heterocycles. The molecule has 0 amide bonds. The van der Waals surface area contributed by atoms with Crippen LogP contribution in [0.4, 0.5) is 0 Å². The number of benzene rings is 2. The molecule has 0 aromatic heterocycles. The summed E-state index contributed by atoms with van der Waals surface area (Å²) in [6.45, 7) is 4.53. The Morgan fingerprint density at radius 1 is 1.12 bits per heavy atom. The molecule has 1 aliphatic heterocycles. The van der Waals surface area contributed by atoms with E-state index >= 15 is 0 Å². The van der Waals surface area contributed by atoms with Gasteiger partial charge in [-0.1, -0.05) is 29.8 Å². The number of halogens is 1. The van der Waals surface area contributed by atoms with E-state index < -0.39 is 0 Å². The number of rotatable bonds is 5. The second-order valence-electron chi connectivity index (χ2n) is 6.00. The van der Waals surface area contributed by atoms with E-state index in [1.54, 1.807) is 12.3 Å². The Bertz CT molecular complexity index is 726. The Labute approximate surface area is 153 Å².